The smallest absolute Gasteiger partial charge is 0.382 e. The molecule has 0 amide bonds. The molecular weight excluding hydrogens is 251 g/mol. The van der Waals surface area contributed by atoms with E-state index >= 15 is 0 Å². The van der Waals surface area contributed by atoms with E-state index in [2.05, 4.69) is 11.4 Å². The molecule has 0 aromatic heterocycles. The minimum absolute atomic E-state index is 0.166. The highest BCUT2D eigenvalue weighted by Crippen LogP contribution is 2.38. The Morgan fingerprint density at radius 1 is 0.947 bits per heavy atom. The van der Waals surface area contributed by atoms with E-state index in [1.54, 1.807) is 0 Å². The van der Waals surface area contributed by atoms with Gasteiger partial charge in [0.25, 0.3) is 0 Å². The fourth-order valence-corrected chi connectivity index (χ4v) is 2.86. The molecule has 1 aliphatic carbocycles. The van der Waals surface area contributed by atoms with Crippen LogP contribution in [0.2, 0.25) is 0 Å². The summed E-state index contributed by atoms with van der Waals surface area (Å²) in [6.45, 7) is 4.05. The van der Waals surface area contributed by atoms with Crippen LogP contribution < -0.4 is 5.32 Å². The van der Waals surface area contributed by atoms with Gasteiger partial charge in [0.15, 0.2) is 0 Å². The Labute approximate surface area is 112 Å². The van der Waals surface area contributed by atoms with E-state index in [1.807, 2.05) is 26.0 Å². The van der Waals surface area contributed by atoms with Crippen molar-refractivity contribution in [2.24, 2.45) is 5.92 Å². The topological polar surface area (TPSA) is 12.0 Å². The van der Waals surface area contributed by atoms with Crippen molar-refractivity contribution >= 4 is 5.69 Å². The number of rotatable bonds is 2. The van der Waals surface area contributed by atoms with Crippen molar-refractivity contribution in [3.05, 3.63) is 29.3 Å². The van der Waals surface area contributed by atoms with Gasteiger partial charge < -0.3 is 5.32 Å². The third kappa shape index (κ3) is 3.88. The maximum absolute atomic E-state index is 12.6. The Kier molecular flexibility index (Phi) is 4.07. The van der Waals surface area contributed by atoms with Crippen molar-refractivity contribution in [2.75, 3.05) is 5.32 Å². The van der Waals surface area contributed by atoms with Crippen molar-refractivity contribution in [1.29, 1.82) is 0 Å². The Morgan fingerprint density at radius 2 is 1.47 bits per heavy atom. The molecule has 1 aromatic carbocycles. The number of anilines is 1. The normalized spacial score (nSPS) is 24.3. The first-order valence-corrected chi connectivity index (χ1v) is 6.76. The third-order valence-corrected chi connectivity index (χ3v) is 3.78. The van der Waals surface area contributed by atoms with Gasteiger partial charge in [-0.25, -0.2) is 0 Å². The molecule has 2 rings (SSSR count). The molecule has 0 spiro atoms. The molecule has 0 aliphatic heterocycles. The summed E-state index contributed by atoms with van der Waals surface area (Å²) in [6, 6.07) is 6.34. The Hall–Kier alpha value is -1.19. The van der Waals surface area contributed by atoms with Crippen LogP contribution in [0.25, 0.3) is 0 Å². The number of nitrogens with one attached hydrogen (secondary N) is 1. The summed E-state index contributed by atoms with van der Waals surface area (Å²) in [6.07, 6.45) is -2.35. The fraction of sp³-hybridized carbons (Fsp3) is 0.600. The molecule has 1 aromatic rings. The summed E-state index contributed by atoms with van der Waals surface area (Å²) in [7, 11) is 0. The molecule has 0 heterocycles. The second-order valence-electron chi connectivity index (χ2n) is 5.61. The second-order valence-corrected chi connectivity index (χ2v) is 5.61. The van der Waals surface area contributed by atoms with E-state index in [9.17, 15) is 13.2 Å². The van der Waals surface area contributed by atoms with Gasteiger partial charge in [-0.1, -0.05) is 6.07 Å². The van der Waals surface area contributed by atoms with Crippen LogP contribution >= 0.6 is 0 Å². The van der Waals surface area contributed by atoms with Crippen molar-refractivity contribution in [3.8, 4) is 0 Å². The van der Waals surface area contributed by atoms with Gasteiger partial charge in [0.1, 0.15) is 0 Å². The van der Waals surface area contributed by atoms with Gasteiger partial charge in [-0.3, -0.25) is 0 Å². The Bertz CT molecular complexity index is 411. The van der Waals surface area contributed by atoms with Crippen LogP contribution in [0, 0.1) is 19.8 Å². The van der Waals surface area contributed by atoms with Crippen LogP contribution in [-0.4, -0.2) is 12.2 Å². The van der Waals surface area contributed by atoms with Crippen LogP contribution in [0.1, 0.15) is 36.8 Å². The van der Waals surface area contributed by atoms with Gasteiger partial charge in [0.2, 0.25) is 0 Å². The number of halogens is 3. The second kappa shape index (κ2) is 5.43. The standard InChI is InChI=1S/C15H20F3N/c1-10-7-11(2)9-14(8-10)19-13-5-3-12(4-6-13)15(16,17)18/h7-9,12-13,19H,3-6H2,1-2H3. The minimum Gasteiger partial charge on any atom is -0.382 e. The fourth-order valence-electron chi connectivity index (χ4n) is 2.86. The maximum Gasteiger partial charge on any atom is 0.391 e. The van der Waals surface area contributed by atoms with Gasteiger partial charge >= 0.3 is 6.18 Å². The zero-order valence-electron chi connectivity index (χ0n) is 11.3. The summed E-state index contributed by atoms with van der Waals surface area (Å²) in [5.74, 6) is -1.11. The van der Waals surface area contributed by atoms with Crippen LogP contribution in [0.3, 0.4) is 0 Å². The quantitative estimate of drug-likeness (QED) is 0.811. The van der Waals surface area contributed by atoms with Crippen molar-refractivity contribution in [1.82, 2.24) is 0 Å². The summed E-state index contributed by atoms with van der Waals surface area (Å²) < 4.78 is 37.7. The van der Waals surface area contributed by atoms with Crippen molar-refractivity contribution in [3.63, 3.8) is 0 Å². The molecule has 1 saturated carbocycles. The summed E-state index contributed by atoms with van der Waals surface area (Å²) in [5, 5.41) is 3.37. The molecule has 4 heteroatoms. The highest BCUT2D eigenvalue weighted by molar-refractivity contribution is 5.49. The van der Waals surface area contributed by atoms with Crippen LogP contribution in [-0.2, 0) is 0 Å². The number of aryl methyl sites for hydroxylation is 2. The summed E-state index contributed by atoms with van der Waals surface area (Å²) in [5.41, 5.74) is 3.37. The monoisotopic (exact) mass is 271 g/mol. The molecule has 1 N–H and O–H groups in total. The average molecular weight is 271 g/mol. The van der Waals surface area contributed by atoms with Gasteiger partial charge in [-0.05, 0) is 62.8 Å². The molecule has 0 saturated heterocycles. The van der Waals surface area contributed by atoms with Crippen molar-refractivity contribution < 1.29 is 13.2 Å². The van der Waals surface area contributed by atoms with E-state index in [-0.39, 0.29) is 18.9 Å². The molecule has 0 unspecified atom stereocenters. The molecular formula is C15H20F3N. The van der Waals surface area contributed by atoms with Crippen molar-refractivity contribution in [2.45, 2.75) is 51.7 Å². The highest BCUT2D eigenvalue weighted by atomic mass is 19.4. The Balaban J connectivity index is 1.92. The molecule has 1 nitrogen and oxygen atoms in total. The van der Waals surface area contributed by atoms with Crippen LogP contribution in [0.15, 0.2) is 18.2 Å². The first-order valence-electron chi connectivity index (χ1n) is 6.76. The van der Waals surface area contributed by atoms with E-state index < -0.39 is 12.1 Å². The molecule has 0 atom stereocenters. The van der Waals surface area contributed by atoms with E-state index in [1.165, 1.54) is 11.1 Å². The van der Waals surface area contributed by atoms with E-state index in [4.69, 9.17) is 0 Å². The van der Waals surface area contributed by atoms with Gasteiger partial charge in [0.05, 0.1) is 5.92 Å². The third-order valence-electron chi connectivity index (χ3n) is 3.78. The zero-order valence-corrected chi connectivity index (χ0v) is 11.3. The molecule has 19 heavy (non-hydrogen) atoms. The maximum atomic E-state index is 12.6. The van der Waals surface area contributed by atoms with E-state index in [0.717, 1.165) is 5.69 Å². The molecule has 1 fully saturated rings. The van der Waals surface area contributed by atoms with Gasteiger partial charge in [0, 0.05) is 11.7 Å². The average Bonchev–Trinajstić information content (AvgIpc) is 2.26. The summed E-state index contributed by atoms with van der Waals surface area (Å²) in [4.78, 5) is 0. The highest BCUT2D eigenvalue weighted by Gasteiger charge is 2.41. The first-order chi connectivity index (χ1) is 8.84. The van der Waals surface area contributed by atoms with Crippen LogP contribution in [0.5, 0.6) is 0 Å². The zero-order chi connectivity index (χ0) is 14.0. The largest absolute Gasteiger partial charge is 0.391 e. The summed E-state index contributed by atoms with van der Waals surface area (Å²) >= 11 is 0. The number of alkyl halides is 3. The number of hydrogen-bond acceptors (Lipinski definition) is 1. The lowest BCUT2D eigenvalue weighted by Gasteiger charge is -2.31. The predicted molar refractivity (Wildman–Crippen MR) is 71.3 cm³/mol. The molecule has 0 bridgehead atoms. The number of hydrogen-bond donors (Lipinski definition) is 1. The molecule has 0 radical (unpaired) electrons. The first kappa shape index (κ1) is 14.2. The van der Waals surface area contributed by atoms with Crippen LogP contribution in [0.4, 0.5) is 18.9 Å². The lowest BCUT2D eigenvalue weighted by atomic mass is 9.85. The SMILES string of the molecule is Cc1cc(C)cc(NC2CCC(C(F)(F)F)CC2)c1. The van der Waals surface area contributed by atoms with Gasteiger partial charge in [-0.2, -0.15) is 13.2 Å². The Morgan fingerprint density at radius 3 is 1.95 bits per heavy atom. The lowest BCUT2D eigenvalue weighted by Crippen LogP contribution is -2.32. The van der Waals surface area contributed by atoms with Gasteiger partial charge in [-0.15, -0.1) is 0 Å². The predicted octanol–water partition coefficient (Wildman–Crippen LogP) is 4.84. The number of benzene rings is 1. The van der Waals surface area contributed by atoms with E-state index in [0.29, 0.717) is 12.8 Å². The lowest BCUT2D eigenvalue weighted by molar-refractivity contribution is -0.182. The minimum atomic E-state index is -4.02. The molecule has 1 aliphatic rings. The molecule has 106 valence electrons.